The SMILES string of the molecule is [2H]OP(=O)(O)OC[C@@H](O)[C@@H](O)[C@H](O)[C@H](O)COP(=O)(O)O[2H]. The normalized spacial score (nSPS) is 25.5. The Morgan fingerprint density at radius 2 is 1.15 bits per heavy atom. The molecule has 0 aliphatic heterocycles. The van der Waals surface area contributed by atoms with E-state index in [2.05, 4.69) is 18.8 Å². The molecule has 0 saturated heterocycles. The third kappa shape index (κ3) is 9.08. The minimum atomic E-state index is -4.74. The van der Waals surface area contributed by atoms with Gasteiger partial charge in [0.05, 0.1) is 13.2 Å². The molecule has 122 valence electrons. The molecular weight excluding hydrogens is 326 g/mol. The molecule has 0 rings (SSSR count). The molecule has 0 fully saturated rings. The lowest BCUT2D eigenvalue weighted by Gasteiger charge is -2.26. The molecule has 0 aromatic carbocycles. The fourth-order valence-corrected chi connectivity index (χ4v) is 1.68. The van der Waals surface area contributed by atoms with Gasteiger partial charge in [0.1, 0.15) is 24.4 Å². The van der Waals surface area contributed by atoms with Gasteiger partial charge in [-0.25, -0.2) is 9.13 Å². The summed E-state index contributed by atoms with van der Waals surface area (Å²) in [5.41, 5.74) is 0. The van der Waals surface area contributed by atoms with Gasteiger partial charge in [-0.1, -0.05) is 0 Å². The molecule has 8 N–H and O–H groups in total. The van der Waals surface area contributed by atoms with Crippen molar-refractivity contribution in [3.05, 3.63) is 0 Å². The summed E-state index contributed by atoms with van der Waals surface area (Å²) in [5, 5.41) is 37.7. The molecule has 14 heteroatoms. The van der Waals surface area contributed by atoms with E-state index in [1.165, 1.54) is 0 Å². The van der Waals surface area contributed by atoms with Crippen molar-refractivity contribution in [1.29, 1.82) is 2.86 Å². The summed E-state index contributed by atoms with van der Waals surface area (Å²) < 4.78 is 42.0. The minimum absolute atomic E-state index is 1.03. The Bertz CT molecular complexity index is 384. The molecule has 0 aliphatic carbocycles. The van der Waals surface area contributed by atoms with Gasteiger partial charge < -0.3 is 40.0 Å². The average Bonchev–Trinajstić information content (AvgIpc) is 2.48. The lowest BCUT2D eigenvalue weighted by atomic mass is 10.0. The summed E-state index contributed by atoms with van der Waals surface area (Å²) in [4.78, 5) is 24.0. The number of aliphatic hydroxyl groups is 4. The molecule has 20 heavy (non-hydrogen) atoms. The zero-order valence-corrected chi connectivity index (χ0v) is 11.5. The Labute approximate surface area is 115 Å². The Balaban J connectivity index is 4.42. The summed E-state index contributed by atoms with van der Waals surface area (Å²) in [6.07, 6.45) is -8.18. The molecule has 0 aromatic rings. The fourth-order valence-electron chi connectivity index (χ4n) is 0.994. The zero-order chi connectivity index (χ0) is 17.6. The Hall–Kier alpha value is 0.0600. The molecule has 0 aromatic heterocycles. The van der Waals surface area contributed by atoms with E-state index in [1.807, 2.05) is 0 Å². The van der Waals surface area contributed by atoms with Crippen molar-refractivity contribution < 1.29 is 58.2 Å². The maximum Gasteiger partial charge on any atom is 0.469 e. The van der Waals surface area contributed by atoms with Crippen LogP contribution in [0.15, 0.2) is 0 Å². The van der Waals surface area contributed by atoms with Gasteiger partial charge in [0, 0.05) is 0 Å². The Kier molecular flexibility index (Phi) is 6.49. The Morgan fingerprint density at radius 3 is 1.40 bits per heavy atom. The second kappa shape index (κ2) is 7.90. The van der Waals surface area contributed by atoms with E-state index in [-0.39, 0.29) is 0 Å². The highest BCUT2D eigenvalue weighted by atomic mass is 31.2. The molecule has 0 bridgehead atoms. The van der Waals surface area contributed by atoms with E-state index >= 15 is 0 Å². The van der Waals surface area contributed by atoms with E-state index in [0.717, 1.165) is 0 Å². The van der Waals surface area contributed by atoms with Crippen molar-refractivity contribution in [3.63, 3.8) is 0 Å². The molecular formula is C6H16O12P2. The summed E-state index contributed by atoms with van der Waals surface area (Å²) in [6, 6.07) is 0. The maximum atomic E-state index is 10.8. The third-order valence-corrected chi connectivity index (χ3v) is 2.91. The summed E-state index contributed by atoms with van der Waals surface area (Å²) in [6.45, 7) is -2.07. The first-order valence-corrected chi connectivity index (χ1v) is 7.91. The number of rotatable bonds is 11. The second-order valence-electron chi connectivity index (χ2n) is 3.64. The van der Waals surface area contributed by atoms with Gasteiger partial charge in [0.25, 0.3) is 0 Å². The van der Waals surface area contributed by atoms with Gasteiger partial charge in [-0.2, -0.15) is 0 Å². The molecule has 0 saturated carbocycles. The molecule has 0 heterocycles. The first-order valence-electron chi connectivity index (χ1n) is 5.74. The minimum Gasteiger partial charge on any atom is -0.388 e. The van der Waals surface area contributed by atoms with Gasteiger partial charge in [-0.05, 0) is 0 Å². The van der Waals surface area contributed by atoms with Crippen LogP contribution in [0.3, 0.4) is 0 Å². The number of hydrogen-bond acceptors (Lipinski definition) is 10. The predicted octanol–water partition coefficient (Wildman–Crippen LogP) is -3.35. The van der Waals surface area contributed by atoms with E-state index in [0.29, 0.717) is 0 Å². The van der Waals surface area contributed by atoms with Gasteiger partial charge in [0.2, 0.25) is 2.86 Å². The quantitative estimate of drug-likeness (QED) is 0.173. The van der Waals surface area contributed by atoms with Crippen LogP contribution in [0.1, 0.15) is 0 Å². The second-order valence-corrected chi connectivity index (χ2v) is 6.04. The number of phosphoric ester groups is 2. The lowest BCUT2D eigenvalue weighted by Crippen LogP contribution is -2.47. The van der Waals surface area contributed by atoms with Crippen molar-refractivity contribution in [2.24, 2.45) is 0 Å². The van der Waals surface area contributed by atoms with Crippen molar-refractivity contribution in [2.45, 2.75) is 24.4 Å². The van der Waals surface area contributed by atoms with Crippen LogP contribution in [0, 0.1) is 0 Å². The van der Waals surface area contributed by atoms with Crippen LogP contribution in [-0.4, -0.2) is 80.5 Å². The first kappa shape index (κ1) is 16.4. The highest BCUT2D eigenvalue weighted by molar-refractivity contribution is 7.46. The van der Waals surface area contributed by atoms with Crippen LogP contribution < -0.4 is 0 Å². The van der Waals surface area contributed by atoms with Crippen molar-refractivity contribution >= 4 is 15.6 Å². The van der Waals surface area contributed by atoms with Crippen LogP contribution in [0.4, 0.5) is 0 Å². The predicted molar refractivity (Wildman–Crippen MR) is 60.0 cm³/mol. The summed E-state index contributed by atoms with van der Waals surface area (Å²) in [7, 11) is -9.48. The number of hydrogen-bond donors (Lipinski definition) is 8. The molecule has 0 radical (unpaired) electrons. The number of aliphatic hydroxyl groups excluding tert-OH is 4. The molecule has 2 unspecified atom stereocenters. The van der Waals surface area contributed by atoms with Crippen molar-refractivity contribution in [2.75, 3.05) is 13.2 Å². The van der Waals surface area contributed by atoms with E-state index in [9.17, 15) is 29.6 Å². The van der Waals surface area contributed by atoms with Gasteiger partial charge in [-0.15, -0.1) is 0 Å². The zero-order valence-electron chi connectivity index (χ0n) is 11.8. The van der Waals surface area contributed by atoms with Crippen LogP contribution in [0.2, 0.25) is 0 Å². The molecule has 0 aliphatic rings. The average molecular weight is 344 g/mol. The van der Waals surface area contributed by atoms with Crippen LogP contribution in [-0.2, 0) is 18.2 Å². The lowest BCUT2D eigenvalue weighted by molar-refractivity contribution is -0.121. The van der Waals surface area contributed by atoms with Gasteiger partial charge >= 0.3 is 15.6 Å². The fraction of sp³-hybridized carbons (Fsp3) is 1.00. The largest absolute Gasteiger partial charge is 0.469 e. The Morgan fingerprint density at radius 1 is 0.850 bits per heavy atom. The van der Waals surface area contributed by atoms with Gasteiger partial charge in [0.15, 0.2) is 0 Å². The topological polar surface area (TPSA) is 214 Å². The van der Waals surface area contributed by atoms with Crippen molar-refractivity contribution in [3.8, 4) is 0 Å². The van der Waals surface area contributed by atoms with E-state index in [4.69, 9.17) is 12.6 Å². The van der Waals surface area contributed by atoms with Crippen LogP contribution in [0.5, 0.6) is 0 Å². The third-order valence-electron chi connectivity index (χ3n) is 1.96. The van der Waals surface area contributed by atoms with Gasteiger partial charge in [-0.3, -0.25) is 9.05 Å². The highest BCUT2D eigenvalue weighted by Gasteiger charge is 2.33. The first-order chi connectivity index (χ1) is 9.95. The molecule has 6 atom stereocenters. The summed E-state index contributed by atoms with van der Waals surface area (Å²) >= 11 is 0. The standard InChI is InChI=1S/C6H16O12P2/c7-3(1-17-19(11,12)13)5(9)6(10)4(8)2-18-20(14,15)16/h3-10H,1-2H2,(H2,11,12,13)(H2,14,15,16)/t3-,4-,5-,6-/m1/s1/i/hD2. The number of phosphoric acid groups is 2. The van der Waals surface area contributed by atoms with E-state index in [1.54, 1.807) is 0 Å². The highest BCUT2D eigenvalue weighted by Crippen LogP contribution is 2.36. The smallest absolute Gasteiger partial charge is 0.388 e. The van der Waals surface area contributed by atoms with Crippen LogP contribution >= 0.6 is 15.6 Å². The molecule has 0 spiro atoms. The van der Waals surface area contributed by atoms with E-state index < -0.39 is 53.3 Å². The summed E-state index contributed by atoms with van der Waals surface area (Å²) in [5.74, 6) is 0. The van der Waals surface area contributed by atoms with Crippen molar-refractivity contribution in [1.82, 2.24) is 0 Å². The monoisotopic (exact) mass is 344 g/mol. The molecule has 12 nitrogen and oxygen atoms in total. The van der Waals surface area contributed by atoms with Crippen LogP contribution in [0.25, 0.3) is 0 Å². The maximum absolute atomic E-state index is 10.8. The molecule has 0 amide bonds.